The summed E-state index contributed by atoms with van der Waals surface area (Å²) < 4.78 is 37.0. The fraction of sp³-hybridized carbons (Fsp3) is 0.286. The van der Waals surface area contributed by atoms with Gasteiger partial charge in [0, 0.05) is 36.7 Å². The highest BCUT2D eigenvalue weighted by molar-refractivity contribution is 6.30. The van der Waals surface area contributed by atoms with Crippen molar-refractivity contribution in [3.05, 3.63) is 94.8 Å². The summed E-state index contributed by atoms with van der Waals surface area (Å²) in [7, 11) is 0. The van der Waals surface area contributed by atoms with Crippen molar-refractivity contribution in [1.82, 2.24) is 4.90 Å². The van der Waals surface area contributed by atoms with Crippen LogP contribution in [-0.2, 0) is 0 Å². The Kier molecular flexibility index (Phi) is 8.20. The lowest BCUT2D eigenvalue weighted by molar-refractivity contribution is 0.0668. The number of allylic oxidation sites excluding steroid dienone is 1. The van der Waals surface area contributed by atoms with E-state index in [0.717, 1.165) is 53.4 Å². The lowest BCUT2D eigenvalue weighted by Gasteiger charge is -2.37. The summed E-state index contributed by atoms with van der Waals surface area (Å²) in [6.07, 6.45) is 0. The molecule has 0 unspecified atom stereocenters. The van der Waals surface area contributed by atoms with Crippen LogP contribution in [0.15, 0.2) is 72.8 Å². The predicted molar refractivity (Wildman–Crippen MR) is 134 cm³/mol. The first-order chi connectivity index (χ1) is 16.5. The molecule has 34 heavy (non-hydrogen) atoms. The molecule has 2 aliphatic rings. The lowest BCUT2D eigenvalue weighted by atomic mass is 9.94. The van der Waals surface area contributed by atoms with Crippen LogP contribution in [0.3, 0.4) is 0 Å². The monoisotopic (exact) mass is 483 g/mol. The first-order valence-corrected chi connectivity index (χ1v) is 11.8. The molecule has 1 saturated heterocycles. The number of alkyl halides is 1. The summed E-state index contributed by atoms with van der Waals surface area (Å²) in [6, 6.07) is 22.5. The maximum absolute atomic E-state index is 13.6. The van der Waals surface area contributed by atoms with Gasteiger partial charge in [-0.3, -0.25) is 9.29 Å². The molecule has 3 aromatic carbocycles. The molecule has 178 valence electrons. The van der Waals surface area contributed by atoms with E-state index in [9.17, 15) is 8.78 Å². The average Bonchev–Trinajstić information content (AvgIpc) is 2.84. The van der Waals surface area contributed by atoms with E-state index in [0.29, 0.717) is 13.2 Å². The number of rotatable bonds is 6. The smallest absolute Gasteiger partial charge is 0.142 e. The van der Waals surface area contributed by atoms with Crippen LogP contribution in [-0.4, -0.2) is 44.4 Å². The van der Waals surface area contributed by atoms with Gasteiger partial charge in [0.1, 0.15) is 30.5 Å². The van der Waals surface area contributed by atoms with Crippen molar-refractivity contribution in [2.75, 3.05) is 39.5 Å². The van der Waals surface area contributed by atoms with Gasteiger partial charge in [-0.2, -0.15) is 0 Å². The summed E-state index contributed by atoms with van der Waals surface area (Å²) in [5.41, 5.74) is 3.98. The second-order valence-corrected chi connectivity index (χ2v) is 8.87. The molecule has 0 aromatic heterocycles. The maximum Gasteiger partial charge on any atom is 0.142 e. The van der Waals surface area contributed by atoms with E-state index < -0.39 is 5.82 Å². The molecule has 3 aromatic rings. The number of likely N-dealkylation sites (tertiary alicyclic amines) is 1. The Hall–Kier alpha value is -2.89. The molecule has 0 amide bonds. The molecule has 3 nitrogen and oxygen atoms in total. The Morgan fingerprint density at radius 3 is 2.50 bits per heavy atom. The third-order valence-electron chi connectivity index (χ3n) is 6.05. The summed E-state index contributed by atoms with van der Waals surface area (Å²) in [5, 5.41) is 0.138. The van der Waals surface area contributed by atoms with Crippen molar-refractivity contribution < 1.29 is 18.3 Å². The first kappa shape index (κ1) is 24.2. The van der Waals surface area contributed by atoms with Crippen LogP contribution >= 0.6 is 11.6 Å². The van der Waals surface area contributed by atoms with Gasteiger partial charge in [-0.1, -0.05) is 54.1 Å². The number of hydrogen-bond acceptors (Lipinski definition) is 3. The number of para-hydroxylation sites is 2. The second kappa shape index (κ2) is 11.5. The van der Waals surface area contributed by atoms with Crippen LogP contribution in [0.2, 0.25) is 5.02 Å². The lowest BCUT2D eigenvalue weighted by Crippen LogP contribution is -2.49. The van der Waals surface area contributed by atoms with Gasteiger partial charge in [-0.15, -0.1) is 0 Å². The van der Waals surface area contributed by atoms with E-state index >= 15 is 0 Å². The van der Waals surface area contributed by atoms with E-state index in [2.05, 4.69) is 4.90 Å². The van der Waals surface area contributed by atoms with E-state index in [1.54, 1.807) is 6.07 Å². The van der Waals surface area contributed by atoms with Gasteiger partial charge < -0.3 is 9.47 Å². The van der Waals surface area contributed by atoms with Gasteiger partial charge in [0.25, 0.3) is 0 Å². The molecule has 5 rings (SSSR count). The molecule has 0 radical (unpaired) electrons. The van der Waals surface area contributed by atoms with Crippen LogP contribution < -0.4 is 9.47 Å². The molecule has 0 atom stereocenters. The minimum atomic E-state index is -0.404. The fourth-order valence-electron chi connectivity index (χ4n) is 4.07. The SMILES string of the molecule is CC1=C(c2ccc(Cl)c(F)c2)COc2ccccc21.FCC1CN(CCOc2ccccc2)C1. The van der Waals surface area contributed by atoms with Crippen molar-refractivity contribution >= 4 is 22.7 Å². The zero-order valence-electron chi connectivity index (χ0n) is 19.1. The Morgan fingerprint density at radius 2 is 1.76 bits per heavy atom. The zero-order chi connectivity index (χ0) is 23.9. The standard InChI is InChI=1S/C16H12ClFO.C12H16FNO/c1-10-12-4-2-3-5-16(12)19-9-13(10)11-6-7-14(17)15(18)8-11;13-8-11-9-14(10-11)6-7-15-12-4-2-1-3-5-12/h2-8H,9H2,1H3;1-5,11H,6-10H2. The van der Waals surface area contributed by atoms with E-state index in [4.69, 9.17) is 21.1 Å². The van der Waals surface area contributed by atoms with Crippen LogP contribution in [0.1, 0.15) is 18.1 Å². The Morgan fingerprint density at radius 1 is 1.03 bits per heavy atom. The van der Waals surface area contributed by atoms with Gasteiger partial charge >= 0.3 is 0 Å². The maximum atomic E-state index is 13.6. The van der Waals surface area contributed by atoms with Gasteiger partial charge in [0.2, 0.25) is 0 Å². The largest absolute Gasteiger partial charge is 0.492 e. The molecular weight excluding hydrogens is 456 g/mol. The van der Waals surface area contributed by atoms with Crippen molar-refractivity contribution in [2.45, 2.75) is 6.92 Å². The molecular formula is C28H28ClF2NO2. The average molecular weight is 484 g/mol. The molecule has 0 bridgehead atoms. The molecule has 2 heterocycles. The Labute approximate surface area is 204 Å². The first-order valence-electron chi connectivity index (χ1n) is 11.4. The number of halogens is 3. The van der Waals surface area contributed by atoms with Crippen LogP contribution in [0.5, 0.6) is 11.5 Å². The van der Waals surface area contributed by atoms with Crippen LogP contribution in [0.4, 0.5) is 8.78 Å². The summed E-state index contributed by atoms with van der Waals surface area (Å²) in [5.74, 6) is 1.64. The molecule has 0 N–H and O–H groups in total. The topological polar surface area (TPSA) is 21.7 Å². The highest BCUT2D eigenvalue weighted by Crippen LogP contribution is 2.37. The Balaban J connectivity index is 0.000000166. The third kappa shape index (κ3) is 5.96. The van der Waals surface area contributed by atoms with Crippen molar-refractivity contribution in [2.24, 2.45) is 5.92 Å². The molecule has 1 fully saturated rings. The minimum absolute atomic E-state index is 0.138. The molecule has 2 aliphatic heterocycles. The zero-order valence-corrected chi connectivity index (χ0v) is 19.9. The van der Waals surface area contributed by atoms with E-state index in [1.807, 2.05) is 67.6 Å². The van der Waals surface area contributed by atoms with E-state index in [-0.39, 0.29) is 17.6 Å². The number of hydrogen-bond donors (Lipinski definition) is 0. The van der Waals surface area contributed by atoms with Crippen molar-refractivity contribution in [3.63, 3.8) is 0 Å². The molecule has 0 aliphatic carbocycles. The van der Waals surface area contributed by atoms with Crippen molar-refractivity contribution in [1.29, 1.82) is 0 Å². The predicted octanol–water partition coefficient (Wildman–Crippen LogP) is 6.77. The van der Waals surface area contributed by atoms with E-state index in [1.165, 1.54) is 6.07 Å². The number of ether oxygens (including phenoxy) is 2. The quantitative estimate of drug-likeness (QED) is 0.386. The van der Waals surface area contributed by atoms with Crippen LogP contribution in [0.25, 0.3) is 11.1 Å². The van der Waals surface area contributed by atoms with Gasteiger partial charge in [-0.05, 0) is 48.4 Å². The minimum Gasteiger partial charge on any atom is -0.492 e. The number of benzene rings is 3. The Bertz CT molecular complexity index is 1130. The second-order valence-electron chi connectivity index (χ2n) is 8.46. The molecule has 0 saturated carbocycles. The highest BCUT2D eigenvalue weighted by atomic mass is 35.5. The summed E-state index contributed by atoms with van der Waals surface area (Å²) in [6.45, 7) is 5.64. The van der Waals surface area contributed by atoms with Gasteiger partial charge in [0.15, 0.2) is 0 Å². The van der Waals surface area contributed by atoms with Gasteiger partial charge in [0.05, 0.1) is 11.7 Å². The number of nitrogens with zero attached hydrogens (tertiary/aromatic N) is 1. The number of fused-ring (bicyclic) bond motifs is 1. The summed E-state index contributed by atoms with van der Waals surface area (Å²) >= 11 is 5.71. The van der Waals surface area contributed by atoms with Crippen molar-refractivity contribution in [3.8, 4) is 11.5 Å². The van der Waals surface area contributed by atoms with Gasteiger partial charge in [-0.25, -0.2) is 4.39 Å². The summed E-state index contributed by atoms with van der Waals surface area (Å²) in [4.78, 5) is 2.22. The normalized spacial score (nSPS) is 15.5. The van der Waals surface area contributed by atoms with Crippen LogP contribution in [0, 0.1) is 11.7 Å². The third-order valence-corrected chi connectivity index (χ3v) is 6.36. The highest BCUT2D eigenvalue weighted by Gasteiger charge is 2.25. The molecule has 6 heteroatoms. The molecule has 0 spiro atoms. The fourth-order valence-corrected chi connectivity index (χ4v) is 4.19.